The summed E-state index contributed by atoms with van der Waals surface area (Å²) in [5.41, 5.74) is 0.307. The smallest absolute Gasteiger partial charge is 0.310 e. The zero-order valence-electron chi connectivity index (χ0n) is 9.72. The highest BCUT2D eigenvalue weighted by Gasteiger charge is 2.30. The highest BCUT2D eigenvalue weighted by molar-refractivity contribution is 5.24. The lowest BCUT2D eigenvalue weighted by molar-refractivity contribution is -0.137. The Morgan fingerprint density at radius 2 is 1.82 bits per heavy atom. The molecule has 0 saturated heterocycles. The van der Waals surface area contributed by atoms with Crippen LogP contribution in [0.1, 0.15) is 30.9 Å². The lowest BCUT2D eigenvalue weighted by Crippen LogP contribution is -2.27. The highest BCUT2D eigenvalue weighted by atomic mass is 19.4. The fraction of sp³-hybridized carbons (Fsp3) is 0.538. The molecule has 94 valence electrons. The highest BCUT2D eigenvalue weighted by Crippen LogP contribution is 2.32. The monoisotopic (exact) mass is 243 g/mol. The molecule has 0 spiro atoms. The van der Waals surface area contributed by atoms with Crippen molar-refractivity contribution in [2.45, 2.75) is 38.5 Å². The van der Waals surface area contributed by atoms with E-state index in [1.165, 1.54) is 25.0 Å². The summed E-state index contributed by atoms with van der Waals surface area (Å²) in [6.07, 6.45) is -1.71. The summed E-state index contributed by atoms with van der Waals surface area (Å²) in [7, 11) is 0. The van der Waals surface area contributed by atoms with Crippen LogP contribution in [-0.2, 0) is 12.7 Å². The molecule has 17 heavy (non-hydrogen) atoms. The largest absolute Gasteiger partial charge is 0.416 e. The Morgan fingerprint density at radius 1 is 1.24 bits per heavy atom. The summed E-state index contributed by atoms with van der Waals surface area (Å²) in [4.78, 5) is 0. The van der Waals surface area contributed by atoms with Crippen molar-refractivity contribution in [3.05, 3.63) is 35.4 Å². The molecule has 1 aliphatic rings. The zero-order valence-corrected chi connectivity index (χ0v) is 9.72. The minimum atomic E-state index is -4.24. The van der Waals surface area contributed by atoms with E-state index in [0.29, 0.717) is 12.6 Å². The van der Waals surface area contributed by atoms with Gasteiger partial charge in [0.15, 0.2) is 0 Å². The number of rotatable bonds is 4. The quantitative estimate of drug-likeness (QED) is 0.852. The molecule has 0 heterocycles. The van der Waals surface area contributed by atoms with E-state index in [0.717, 1.165) is 23.6 Å². The molecule has 4 heteroatoms. The van der Waals surface area contributed by atoms with Crippen molar-refractivity contribution < 1.29 is 13.2 Å². The fourth-order valence-electron chi connectivity index (χ4n) is 1.85. The van der Waals surface area contributed by atoms with Gasteiger partial charge in [-0.2, -0.15) is 13.2 Å². The molecule has 0 radical (unpaired) electrons. The van der Waals surface area contributed by atoms with Crippen molar-refractivity contribution >= 4 is 0 Å². The molecule has 1 N–H and O–H groups in total. The van der Waals surface area contributed by atoms with Crippen molar-refractivity contribution in [1.29, 1.82) is 0 Å². The standard InChI is InChI=1S/C13H16F3N/c1-9(11-4-5-11)17-8-10-2-6-12(7-3-10)13(14,15)16/h2-3,6-7,9,11,17H,4-5,8H2,1H3. The van der Waals surface area contributed by atoms with Gasteiger partial charge in [0, 0.05) is 12.6 Å². The average molecular weight is 243 g/mol. The Labute approximate surface area is 99.0 Å². The molecule has 1 atom stereocenters. The summed E-state index contributed by atoms with van der Waals surface area (Å²) in [5, 5.41) is 3.34. The van der Waals surface area contributed by atoms with Crippen LogP contribution >= 0.6 is 0 Å². The molecule has 0 aromatic heterocycles. The van der Waals surface area contributed by atoms with Crippen molar-refractivity contribution in [2.75, 3.05) is 0 Å². The van der Waals surface area contributed by atoms with E-state index in [-0.39, 0.29) is 0 Å². The van der Waals surface area contributed by atoms with E-state index < -0.39 is 11.7 Å². The predicted octanol–water partition coefficient (Wildman–Crippen LogP) is 3.59. The molecule has 0 aliphatic heterocycles. The van der Waals surface area contributed by atoms with E-state index in [1.807, 2.05) is 0 Å². The predicted molar refractivity (Wildman–Crippen MR) is 60.5 cm³/mol. The molecule has 1 aliphatic carbocycles. The van der Waals surface area contributed by atoms with Crippen molar-refractivity contribution in [3.8, 4) is 0 Å². The Hall–Kier alpha value is -1.03. The number of alkyl halides is 3. The van der Waals surface area contributed by atoms with Crippen LogP contribution in [0.25, 0.3) is 0 Å². The second kappa shape index (κ2) is 4.69. The maximum absolute atomic E-state index is 12.3. The van der Waals surface area contributed by atoms with Gasteiger partial charge in [0.05, 0.1) is 5.56 Å². The van der Waals surface area contributed by atoms with Gasteiger partial charge in [0.1, 0.15) is 0 Å². The van der Waals surface area contributed by atoms with Gasteiger partial charge in [-0.25, -0.2) is 0 Å². The van der Waals surface area contributed by atoms with E-state index in [1.54, 1.807) is 0 Å². The lowest BCUT2D eigenvalue weighted by Gasteiger charge is -2.13. The van der Waals surface area contributed by atoms with Gasteiger partial charge in [-0.05, 0) is 43.4 Å². The number of nitrogens with one attached hydrogen (secondary N) is 1. The Morgan fingerprint density at radius 3 is 2.29 bits per heavy atom. The van der Waals surface area contributed by atoms with Gasteiger partial charge in [-0.3, -0.25) is 0 Å². The van der Waals surface area contributed by atoms with Crippen LogP contribution in [0.3, 0.4) is 0 Å². The minimum absolute atomic E-state index is 0.456. The molecule has 1 saturated carbocycles. The third-order valence-electron chi connectivity index (χ3n) is 3.24. The van der Waals surface area contributed by atoms with Gasteiger partial charge < -0.3 is 5.32 Å². The molecule has 1 fully saturated rings. The first-order valence-corrected chi connectivity index (χ1v) is 5.86. The topological polar surface area (TPSA) is 12.0 Å². The van der Waals surface area contributed by atoms with Crippen LogP contribution < -0.4 is 5.32 Å². The Kier molecular flexibility index (Phi) is 3.43. The molecule has 1 nitrogen and oxygen atoms in total. The minimum Gasteiger partial charge on any atom is -0.310 e. The van der Waals surface area contributed by atoms with Crippen LogP contribution in [-0.4, -0.2) is 6.04 Å². The molecule has 0 amide bonds. The van der Waals surface area contributed by atoms with Crippen LogP contribution in [0, 0.1) is 5.92 Å². The third-order valence-corrected chi connectivity index (χ3v) is 3.24. The summed E-state index contributed by atoms with van der Waals surface area (Å²) >= 11 is 0. The van der Waals surface area contributed by atoms with Crippen LogP contribution in [0.2, 0.25) is 0 Å². The number of benzene rings is 1. The molecule has 1 aromatic rings. The van der Waals surface area contributed by atoms with E-state index in [9.17, 15) is 13.2 Å². The summed E-state index contributed by atoms with van der Waals surface area (Å²) in [5.74, 6) is 0.754. The SMILES string of the molecule is CC(NCc1ccc(C(F)(F)F)cc1)C1CC1. The van der Waals surface area contributed by atoms with E-state index >= 15 is 0 Å². The van der Waals surface area contributed by atoms with Crippen molar-refractivity contribution in [1.82, 2.24) is 5.32 Å². The molecule has 1 unspecified atom stereocenters. The average Bonchev–Trinajstić information content (AvgIpc) is 3.09. The Bertz CT molecular complexity index is 365. The van der Waals surface area contributed by atoms with Gasteiger partial charge in [0.25, 0.3) is 0 Å². The van der Waals surface area contributed by atoms with Crippen LogP contribution in [0.5, 0.6) is 0 Å². The Balaban J connectivity index is 1.89. The molecule has 2 rings (SSSR count). The first-order valence-electron chi connectivity index (χ1n) is 5.86. The zero-order chi connectivity index (χ0) is 12.5. The summed E-state index contributed by atoms with van der Waals surface area (Å²) in [6, 6.07) is 5.81. The second-order valence-electron chi connectivity index (χ2n) is 4.70. The molecular formula is C13H16F3N. The molecule has 1 aromatic carbocycles. The first-order chi connectivity index (χ1) is 7.97. The summed E-state index contributed by atoms with van der Waals surface area (Å²) < 4.78 is 37.0. The number of halogens is 3. The molecule has 0 bridgehead atoms. The van der Waals surface area contributed by atoms with Gasteiger partial charge in [-0.1, -0.05) is 12.1 Å². The fourth-order valence-corrected chi connectivity index (χ4v) is 1.85. The van der Waals surface area contributed by atoms with Gasteiger partial charge in [0.2, 0.25) is 0 Å². The van der Waals surface area contributed by atoms with E-state index in [2.05, 4.69) is 12.2 Å². The third kappa shape index (κ3) is 3.46. The van der Waals surface area contributed by atoms with Crippen molar-refractivity contribution in [3.63, 3.8) is 0 Å². The van der Waals surface area contributed by atoms with Gasteiger partial charge in [-0.15, -0.1) is 0 Å². The van der Waals surface area contributed by atoms with E-state index in [4.69, 9.17) is 0 Å². The van der Waals surface area contributed by atoms with Gasteiger partial charge >= 0.3 is 6.18 Å². The lowest BCUT2D eigenvalue weighted by atomic mass is 10.1. The van der Waals surface area contributed by atoms with Crippen molar-refractivity contribution in [2.24, 2.45) is 5.92 Å². The number of hydrogen-bond donors (Lipinski definition) is 1. The summed E-state index contributed by atoms with van der Waals surface area (Å²) in [6.45, 7) is 2.76. The number of hydrogen-bond acceptors (Lipinski definition) is 1. The maximum atomic E-state index is 12.3. The first kappa shape index (κ1) is 12.4. The van der Waals surface area contributed by atoms with Crippen LogP contribution in [0.15, 0.2) is 24.3 Å². The second-order valence-corrected chi connectivity index (χ2v) is 4.70. The maximum Gasteiger partial charge on any atom is 0.416 e. The normalized spacial score (nSPS) is 18.1. The van der Waals surface area contributed by atoms with Crippen LogP contribution in [0.4, 0.5) is 13.2 Å². The molecular weight excluding hydrogens is 227 g/mol.